The van der Waals surface area contributed by atoms with Crippen LogP contribution >= 0.6 is 0 Å². The largest absolute Gasteiger partial charge is 0.467 e. The van der Waals surface area contributed by atoms with Crippen LogP contribution in [0.5, 0.6) is 0 Å². The molecule has 0 spiro atoms. The molecule has 2 atom stereocenters. The van der Waals surface area contributed by atoms with Crippen molar-refractivity contribution in [2.45, 2.75) is 18.6 Å². The molecule has 1 fully saturated rings. The number of likely N-dealkylation sites (tertiary alicyclic amines) is 1. The van der Waals surface area contributed by atoms with Gasteiger partial charge in [0.2, 0.25) is 5.91 Å². The minimum Gasteiger partial charge on any atom is -0.467 e. The van der Waals surface area contributed by atoms with E-state index in [1.54, 1.807) is 0 Å². The molecule has 0 aromatic heterocycles. The van der Waals surface area contributed by atoms with Gasteiger partial charge in [0.25, 0.3) is 0 Å². The Morgan fingerprint density at radius 1 is 1.64 bits per heavy atom. The highest BCUT2D eigenvalue weighted by atomic mass is 16.5. The van der Waals surface area contributed by atoms with E-state index in [4.69, 9.17) is 0 Å². The molecule has 5 nitrogen and oxygen atoms in total. The van der Waals surface area contributed by atoms with Gasteiger partial charge in [-0.25, -0.2) is 4.79 Å². The van der Waals surface area contributed by atoms with Gasteiger partial charge in [-0.2, -0.15) is 0 Å². The molecule has 1 rings (SSSR count). The van der Waals surface area contributed by atoms with Crippen molar-refractivity contribution in [1.82, 2.24) is 4.90 Å². The molecule has 1 saturated heterocycles. The second-order valence-electron chi connectivity index (χ2n) is 3.12. The zero-order chi connectivity index (χ0) is 10.7. The van der Waals surface area contributed by atoms with Gasteiger partial charge in [0.1, 0.15) is 6.04 Å². The molecular weight excluding hydrogens is 186 g/mol. The Labute approximate surface area is 82.0 Å². The average molecular weight is 199 g/mol. The molecular formula is C9H13NO4. The Balaban J connectivity index is 2.77. The SMILES string of the molecule is C=CC(=O)N1C[C@@H](O)C[C@H]1C(=O)OC. The number of aliphatic hydroxyl groups excluding tert-OH is 1. The summed E-state index contributed by atoms with van der Waals surface area (Å²) in [5.41, 5.74) is 0. The molecule has 1 aliphatic rings. The number of β-amino-alcohol motifs (C(OH)–C–C–N with tert-alkyl or cyclic N) is 1. The monoisotopic (exact) mass is 199 g/mol. The molecule has 1 N–H and O–H groups in total. The van der Waals surface area contributed by atoms with Gasteiger partial charge in [-0.1, -0.05) is 6.58 Å². The lowest BCUT2D eigenvalue weighted by Crippen LogP contribution is -2.40. The van der Waals surface area contributed by atoms with Crippen molar-refractivity contribution in [1.29, 1.82) is 0 Å². The number of esters is 1. The van der Waals surface area contributed by atoms with Crippen LogP contribution in [-0.4, -0.2) is 47.7 Å². The van der Waals surface area contributed by atoms with Crippen LogP contribution in [-0.2, 0) is 14.3 Å². The highest BCUT2D eigenvalue weighted by molar-refractivity contribution is 5.91. The lowest BCUT2D eigenvalue weighted by molar-refractivity contribution is -0.149. The molecule has 0 aromatic carbocycles. The maximum atomic E-state index is 11.3. The second kappa shape index (κ2) is 4.23. The van der Waals surface area contributed by atoms with Crippen LogP contribution in [0.1, 0.15) is 6.42 Å². The number of ether oxygens (including phenoxy) is 1. The van der Waals surface area contributed by atoms with E-state index in [0.717, 1.165) is 6.08 Å². The number of nitrogens with zero attached hydrogens (tertiary/aromatic N) is 1. The first-order chi connectivity index (χ1) is 6.60. The third-order valence-electron chi connectivity index (χ3n) is 2.21. The van der Waals surface area contributed by atoms with Gasteiger partial charge < -0.3 is 14.7 Å². The Bertz CT molecular complexity index is 264. The normalized spacial score (nSPS) is 26.0. The number of hydrogen-bond acceptors (Lipinski definition) is 4. The quantitative estimate of drug-likeness (QED) is 0.472. The van der Waals surface area contributed by atoms with Gasteiger partial charge in [0, 0.05) is 13.0 Å². The summed E-state index contributed by atoms with van der Waals surface area (Å²) in [5, 5.41) is 9.32. The summed E-state index contributed by atoms with van der Waals surface area (Å²) in [6.07, 6.45) is 0.684. The Morgan fingerprint density at radius 3 is 2.79 bits per heavy atom. The van der Waals surface area contributed by atoms with E-state index in [-0.39, 0.29) is 18.9 Å². The molecule has 0 aliphatic carbocycles. The Hall–Kier alpha value is -1.36. The molecule has 0 bridgehead atoms. The lowest BCUT2D eigenvalue weighted by Gasteiger charge is -2.20. The molecule has 1 aliphatic heterocycles. The first kappa shape index (κ1) is 10.7. The fraction of sp³-hybridized carbons (Fsp3) is 0.556. The van der Waals surface area contributed by atoms with Crippen molar-refractivity contribution in [3.8, 4) is 0 Å². The average Bonchev–Trinajstić information content (AvgIpc) is 2.58. The van der Waals surface area contributed by atoms with Gasteiger partial charge in [0.15, 0.2) is 0 Å². The predicted molar refractivity (Wildman–Crippen MR) is 48.3 cm³/mol. The minimum absolute atomic E-state index is 0.157. The molecule has 14 heavy (non-hydrogen) atoms. The molecule has 0 radical (unpaired) electrons. The highest BCUT2D eigenvalue weighted by Gasteiger charge is 2.38. The fourth-order valence-corrected chi connectivity index (χ4v) is 1.53. The van der Waals surface area contributed by atoms with Crippen molar-refractivity contribution in [2.75, 3.05) is 13.7 Å². The topological polar surface area (TPSA) is 66.8 Å². The maximum Gasteiger partial charge on any atom is 0.328 e. The number of amides is 1. The summed E-state index contributed by atoms with van der Waals surface area (Å²) in [7, 11) is 1.25. The zero-order valence-electron chi connectivity index (χ0n) is 7.97. The van der Waals surface area contributed by atoms with E-state index in [2.05, 4.69) is 11.3 Å². The first-order valence-electron chi connectivity index (χ1n) is 4.29. The summed E-state index contributed by atoms with van der Waals surface area (Å²) in [4.78, 5) is 23.8. The number of methoxy groups -OCH3 is 1. The van der Waals surface area contributed by atoms with E-state index < -0.39 is 18.1 Å². The van der Waals surface area contributed by atoms with Crippen molar-refractivity contribution in [3.05, 3.63) is 12.7 Å². The molecule has 0 unspecified atom stereocenters. The Morgan fingerprint density at radius 2 is 2.29 bits per heavy atom. The van der Waals surface area contributed by atoms with Gasteiger partial charge in [-0.3, -0.25) is 4.79 Å². The van der Waals surface area contributed by atoms with E-state index in [0.29, 0.717) is 0 Å². The number of hydrogen-bond donors (Lipinski definition) is 1. The van der Waals surface area contributed by atoms with Gasteiger partial charge in [0.05, 0.1) is 13.2 Å². The van der Waals surface area contributed by atoms with E-state index in [9.17, 15) is 14.7 Å². The third-order valence-corrected chi connectivity index (χ3v) is 2.21. The molecule has 0 aromatic rings. The molecule has 78 valence electrons. The van der Waals surface area contributed by atoms with Gasteiger partial charge in [-0.15, -0.1) is 0 Å². The second-order valence-corrected chi connectivity index (χ2v) is 3.12. The summed E-state index contributed by atoms with van der Waals surface area (Å²) in [6, 6.07) is -0.680. The molecule has 1 heterocycles. The van der Waals surface area contributed by atoms with Crippen LogP contribution in [0.3, 0.4) is 0 Å². The molecule has 5 heteroatoms. The third kappa shape index (κ3) is 1.93. The predicted octanol–water partition coefficient (Wildman–Crippen LogP) is -0.693. The fourth-order valence-electron chi connectivity index (χ4n) is 1.53. The maximum absolute atomic E-state index is 11.3. The Kier molecular flexibility index (Phi) is 3.24. The van der Waals surface area contributed by atoms with Gasteiger partial charge >= 0.3 is 5.97 Å². The zero-order valence-corrected chi connectivity index (χ0v) is 7.97. The summed E-state index contributed by atoms with van der Waals surface area (Å²) in [5.74, 6) is -0.867. The summed E-state index contributed by atoms with van der Waals surface area (Å²) < 4.78 is 4.53. The van der Waals surface area contributed by atoms with Crippen molar-refractivity contribution >= 4 is 11.9 Å². The number of carbonyl (C=O) groups excluding carboxylic acids is 2. The summed E-state index contributed by atoms with van der Waals surface area (Å²) >= 11 is 0. The lowest BCUT2D eigenvalue weighted by atomic mass is 10.2. The van der Waals surface area contributed by atoms with Crippen molar-refractivity contribution in [3.63, 3.8) is 0 Å². The minimum atomic E-state index is -0.680. The van der Waals surface area contributed by atoms with E-state index in [1.807, 2.05) is 0 Å². The van der Waals surface area contributed by atoms with Crippen LogP contribution in [0.2, 0.25) is 0 Å². The van der Waals surface area contributed by atoms with Crippen LogP contribution in [0.25, 0.3) is 0 Å². The molecule has 1 amide bonds. The van der Waals surface area contributed by atoms with Crippen LogP contribution in [0.15, 0.2) is 12.7 Å². The van der Waals surface area contributed by atoms with Crippen molar-refractivity contribution in [2.24, 2.45) is 0 Å². The smallest absolute Gasteiger partial charge is 0.328 e. The van der Waals surface area contributed by atoms with Crippen molar-refractivity contribution < 1.29 is 19.4 Å². The first-order valence-corrected chi connectivity index (χ1v) is 4.29. The number of aliphatic hydroxyl groups is 1. The van der Waals surface area contributed by atoms with E-state index in [1.165, 1.54) is 12.0 Å². The molecule has 0 saturated carbocycles. The van der Waals surface area contributed by atoms with E-state index >= 15 is 0 Å². The standard InChI is InChI=1S/C9H13NO4/c1-3-8(12)10-5-6(11)4-7(10)9(13)14-2/h3,6-7,11H,1,4-5H2,2H3/t6-,7-/m0/s1. The van der Waals surface area contributed by atoms with Crippen LogP contribution in [0.4, 0.5) is 0 Å². The number of rotatable bonds is 2. The van der Waals surface area contributed by atoms with Gasteiger partial charge in [-0.05, 0) is 6.08 Å². The van der Waals surface area contributed by atoms with Crippen LogP contribution < -0.4 is 0 Å². The highest BCUT2D eigenvalue weighted by Crippen LogP contribution is 2.19. The summed E-state index contributed by atoms with van der Waals surface area (Å²) in [6.45, 7) is 3.48. The number of carbonyl (C=O) groups is 2. The van der Waals surface area contributed by atoms with Crippen LogP contribution in [0, 0.1) is 0 Å².